The predicted molar refractivity (Wildman–Crippen MR) is 130 cm³/mol. The summed E-state index contributed by atoms with van der Waals surface area (Å²) in [5, 5.41) is 4.08. The van der Waals surface area contributed by atoms with Crippen LogP contribution in [0.25, 0.3) is 16.6 Å². The number of nitrogens with two attached hydrogens (primary N) is 1. The molecule has 1 aromatic carbocycles. The Kier molecular flexibility index (Phi) is 7.12. The second kappa shape index (κ2) is 10.2. The van der Waals surface area contributed by atoms with Crippen LogP contribution in [0.3, 0.4) is 0 Å². The molecular formula is C25H29F2N5O2. The highest BCUT2D eigenvalue weighted by Crippen LogP contribution is 2.34. The number of methoxy groups -OCH3 is 2. The van der Waals surface area contributed by atoms with Crippen molar-refractivity contribution in [3.63, 3.8) is 0 Å². The van der Waals surface area contributed by atoms with Gasteiger partial charge in [0.2, 0.25) is 0 Å². The van der Waals surface area contributed by atoms with Gasteiger partial charge in [0.1, 0.15) is 5.65 Å². The van der Waals surface area contributed by atoms with E-state index in [0.717, 1.165) is 48.2 Å². The Hall–Kier alpha value is -3.46. The van der Waals surface area contributed by atoms with Crippen molar-refractivity contribution in [1.29, 1.82) is 0 Å². The molecule has 1 aliphatic rings. The van der Waals surface area contributed by atoms with Crippen LogP contribution in [-0.2, 0) is 6.42 Å². The third-order valence-corrected chi connectivity index (χ3v) is 6.20. The highest BCUT2D eigenvalue weighted by atomic mass is 19.1. The Bertz CT molecular complexity index is 1220. The molecule has 7 nitrogen and oxygen atoms in total. The minimum Gasteiger partial charge on any atom is -0.494 e. The Morgan fingerprint density at radius 1 is 1.18 bits per heavy atom. The number of halogens is 2. The van der Waals surface area contributed by atoms with Gasteiger partial charge in [-0.15, -0.1) is 0 Å². The molecule has 3 aromatic rings. The third kappa shape index (κ3) is 4.61. The van der Waals surface area contributed by atoms with Gasteiger partial charge < -0.3 is 25.5 Å². The third-order valence-electron chi connectivity index (χ3n) is 6.20. The number of aromatic nitrogens is 2. The highest BCUT2D eigenvalue weighted by Gasteiger charge is 2.22. The number of nitrogens with zero attached hydrogens (tertiary/aromatic N) is 2. The summed E-state index contributed by atoms with van der Waals surface area (Å²) in [6.07, 6.45) is 6.90. The minimum absolute atomic E-state index is 0.0137. The molecule has 1 saturated heterocycles. The number of allylic oxidation sites excluding steroid dienone is 1. The maximum absolute atomic E-state index is 14.9. The van der Waals surface area contributed by atoms with Crippen LogP contribution in [0.4, 0.5) is 8.78 Å². The van der Waals surface area contributed by atoms with E-state index in [1.165, 1.54) is 26.5 Å². The summed E-state index contributed by atoms with van der Waals surface area (Å²) in [5.41, 5.74) is 9.53. The van der Waals surface area contributed by atoms with Gasteiger partial charge in [0.25, 0.3) is 0 Å². The molecule has 0 amide bonds. The van der Waals surface area contributed by atoms with Crippen molar-refractivity contribution < 1.29 is 18.3 Å². The van der Waals surface area contributed by atoms with Gasteiger partial charge in [0.15, 0.2) is 23.1 Å². The van der Waals surface area contributed by atoms with Crippen LogP contribution in [0.1, 0.15) is 36.5 Å². The summed E-state index contributed by atoms with van der Waals surface area (Å²) in [7, 11) is 2.66. The molecular weight excluding hydrogens is 440 g/mol. The van der Waals surface area contributed by atoms with Gasteiger partial charge in [0, 0.05) is 58.9 Å². The fourth-order valence-electron chi connectivity index (χ4n) is 4.34. The number of fused-ring (bicyclic) bond motifs is 1. The first-order chi connectivity index (χ1) is 16.5. The monoisotopic (exact) mass is 469 g/mol. The molecule has 3 heterocycles. The molecule has 4 rings (SSSR count). The molecule has 0 spiro atoms. The summed E-state index contributed by atoms with van der Waals surface area (Å²) in [5.74, 6) is -1.67. The van der Waals surface area contributed by atoms with Crippen LogP contribution in [0.2, 0.25) is 0 Å². The van der Waals surface area contributed by atoms with E-state index in [0.29, 0.717) is 11.2 Å². The number of aromatic amines is 1. The van der Waals surface area contributed by atoms with Gasteiger partial charge in [-0.25, -0.2) is 13.8 Å². The van der Waals surface area contributed by atoms with E-state index in [4.69, 9.17) is 20.2 Å². The molecule has 1 fully saturated rings. The van der Waals surface area contributed by atoms with Crippen molar-refractivity contribution in [2.45, 2.75) is 32.2 Å². The smallest absolute Gasteiger partial charge is 0.171 e. The maximum Gasteiger partial charge on any atom is 0.171 e. The number of hydrogen-bond acceptors (Lipinski definition) is 6. The van der Waals surface area contributed by atoms with Crippen molar-refractivity contribution in [3.05, 3.63) is 59.1 Å². The Labute approximate surface area is 197 Å². The molecule has 9 heteroatoms. The highest BCUT2D eigenvalue weighted by molar-refractivity contribution is 6.23. The first-order valence-electron chi connectivity index (χ1n) is 11.2. The average molecular weight is 470 g/mol. The van der Waals surface area contributed by atoms with Crippen LogP contribution in [-0.4, -0.2) is 49.0 Å². The Morgan fingerprint density at radius 3 is 2.47 bits per heavy atom. The predicted octanol–water partition coefficient (Wildman–Crippen LogP) is 3.96. The normalized spacial score (nSPS) is 15.7. The number of aliphatic imine (C=N–C) groups is 1. The minimum atomic E-state index is -0.758. The largest absolute Gasteiger partial charge is 0.494 e. The molecule has 180 valence electrons. The number of rotatable bonds is 7. The van der Waals surface area contributed by atoms with E-state index < -0.39 is 11.6 Å². The van der Waals surface area contributed by atoms with Crippen LogP contribution < -0.4 is 20.5 Å². The number of ether oxygens (including phenoxy) is 2. The van der Waals surface area contributed by atoms with E-state index in [1.807, 2.05) is 13.0 Å². The van der Waals surface area contributed by atoms with Crippen molar-refractivity contribution in [2.24, 2.45) is 10.7 Å². The van der Waals surface area contributed by atoms with Crippen LogP contribution >= 0.6 is 0 Å². The average Bonchev–Trinajstić information content (AvgIpc) is 3.25. The first kappa shape index (κ1) is 23.7. The summed E-state index contributed by atoms with van der Waals surface area (Å²) in [4.78, 5) is 12.4. The molecule has 4 N–H and O–H groups in total. The number of benzene rings is 1. The van der Waals surface area contributed by atoms with Crippen LogP contribution in [0, 0.1) is 11.6 Å². The van der Waals surface area contributed by atoms with Crippen molar-refractivity contribution in [1.82, 2.24) is 15.3 Å². The Morgan fingerprint density at radius 2 is 1.85 bits per heavy atom. The fourth-order valence-corrected chi connectivity index (χ4v) is 4.34. The number of nitrogens with one attached hydrogen (secondary N) is 2. The van der Waals surface area contributed by atoms with Gasteiger partial charge in [-0.1, -0.05) is 0 Å². The second-order valence-electron chi connectivity index (χ2n) is 8.27. The second-order valence-corrected chi connectivity index (χ2v) is 8.27. The lowest BCUT2D eigenvalue weighted by Gasteiger charge is -2.20. The lowest BCUT2D eigenvalue weighted by molar-refractivity contribution is 0.354. The topological polar surface area (TPSA) is 97.5 Å². The van der Waals surface area contributed by atoms with Gasteiger partial charge >= 0.3 is 0 Å². The van der Waals surface area contributed by atoms with Crippen molar-refractivity contribution in [2.75, 3.05) is 27.3 Å². The fraction of sp³-hybridized carbons (Fsp3) is 0.360. The molecule has 34 heavy (non-hydrogen) atoms. The number of H-pyrrole nitrogens is 1. The zero-order valence-electron chi connectivity index (χ0n) is 19.5. The molecule has 0 saturated carbocycles. The SMILES string of the molecule is COc1cc(OC)c(F)c(Cc2c[nH]c3ncc(C(=CN)C(C)=NC4CCNCC4)cc23)c1F. The summed E-state index contributed by atoms with van der Waals surface area (Å²) in [6, 6.07) is 3.37. The van der Waals surface area contributed by atoms with E-state index in [2.05, 4.69) is 15.3 Å². The zero-order chi connectivity index (χ0) is 24.2. The number of piperidine rings is 1. The molecule has 0 bridgehead atoms. The molecule has 0 aliphatic carbocycles. The molecule has 0 radical (unpaired) electrons. The van der Waals surface area contributed by atoms with Gasteiger partial charge in [-0.3, -0.25) is 4.99 Å². The van der Waals surface area contributed by atoms with Crippen LogP contribution in [0.5, 0.6) is 11.5 Å². The van der Waals surface area contributed by atoms with Crippen molar-refractivity contribution >= 4 is 22.3 Å². The van der Waals surface area contributed by atoms with E-state index >= 15 is 0 Å². The van der Waals surface area contributed by atoms with Crippen LogP contribution in [0.15, 0.2) is 35.7 Å². The zero-order valence-corrected chi connectivity index (χ0v) is 19.5. The summed E-state index contributed by atoms with van der Waals surface area (Å²) >= 11 is 0. The molecule has 1 aliphatic heterocycles. The van der Waals surface area contributed by atoms with Gasteiger partial charge in [-0.2, -0.15) is 0 Å². The molecule has 2 aromatic heterocycles. The van der Waals surface area contributed by atoms with Crippen molar-refractivity contribution in [3.8, 4) is 11.5 Å². The quantitative estimate of drug-likeness (QED) is 0.455. The van der Waals surface area contributed by atoms with E-state index in [-0.39, 0.29) is 29.5 Å². The van der Waals surface area contributed by atoms with Gasteiger partial charge in [-0.05, 0) is 44.5 Å². The van der Waals surface area contributed by atoms with Gasteiger partial charge in [0.05, 0.1) is 20.3 Å². The summed E-state index contributed by atoms with van der Waals surface area (Å²) < 4.78 is 40.0. The number of hydrogen-bond donors (Lipinski definition) is 3. The lowest BCUT2D eigenvalue weighted by atomic mass is 9.99. The Balaban J connectivity index is 1.70. The first-order valence-corrected chi connectivity index (χ1v) is 11.2. The van der Waals surface area contributed by atoms with E-state index in [1.54, 1.807) is 12.4 Å². The molecule has 0 unspecified atom stereocenters. The number of pyridine rings is 1. The lowest BCUT2D eigenvalue weighted by Crippen LogP contribution is -2.30. The molecule has 0 atom stereocenters. The maximum atomic E-state index is 14.9. The summed E-state index contributed by atoms with van der Waals surface area (Å²) in [6.45, 7) is 3.84. The standard InChI is InChI=1S/C25H29F2N5O2/c1-14(32-17-4-6-29-7-5-17)20(11-28)16-8-18-15(12-30-25(18)31-13-16)9-19-23(26)21(33-2)10-22(34-3)24(19)27/h8,10-13,17,29H,4-7,9,28H2,1-3H3,(H,30,31). The van der Waals surface area contributed by atoms with E-state index in [9.17, 15) is 8.78 Å².